The molecule has 2 rings (SSSR count). The van der Waals surface area contributed by atoms with Crippen molar-refractivity contribution < 1.29 is 13.3 Å². The van der Waals surface area contributed by atoms with Crippen molar-refractivity contribution in [1.82, 2.24) is 4.72 Å². The Morgan fingerprint density at radius 3 is 2.62 bits per heavy atom. The number of nitrogen functional groups attached to an aromatic ring is 1. The third-order valence-electron chi connectivity index (χ3n) is 3.68. The molecule has 1 saturated carbocycles. The maximum Gasteiger partial charge on any atom is 0.289 e. The molecule has 0 unspecified atom stereocenters. The van der Waals surface area contributed by atoms with Gasteiger partial charge < -0.3 is 5.43 Å². The van der Waals surface area contributed by atoms with Crippen molar-refractivity contribution in [3.05, 3.63) is 28.3 Å². The van der Waals surface area contributed by atoms with Gasteiger partial charge in [0.25, 0.3) is 5.69 Å². The molecule has 0 aliphatic heterocycles. The Bertz CT molecular complexity index is 628. The molecule has 0 heterocycles. The van der Waals surface area contributed by atoms with Gasteiger partial charge in [-0.1, -0.05) is 19.3 Å². The number of nitrogens with two attached hydrogens (primary N) is 1. The minimum absolute atomic E-state index is 0.282. The van der Waals surface area contributed by atoms with Gasteiger partial charge in [-0.2, -0.15) is 0 Å². The van der Waals surface area contributed by atoms with E-state index in [4.69, 9.17) is 5.84 Å². The maximum absolute atomic E-state index is 12.2. The quantitative estimate of drug-likeness (QED) is 0.396. The van der Waals surface area contributed by atoms with Gasteiger partial charge in [0.15, 0.2) is 4.90 Å². The summed E-state index contributed by atoms with van der Waals surface area (Å²) in [6.45, 7) is 0.282. The third kappa shape index (κ3) is 3.69. The van der Waals surface area contributed by atoms with Crippen molar-refractivity contribution >= 4 is 21.4 Å². The van der Waals surface area contributed by atoms with Crippen molar-refractivity contribution in [1.29, 1.82) is 0 Å². The Morgan fingerprint density at radius 1 is 1.38 bits per heavy atom. The van der Waals surface area contributed by atoms with Gasteiger partial charge in [0.1, 0.15) is 0 Å². The topological polar surface area (TPSA) is 127 Å². The lowest BCUT2D eigenvalue weighted by Crippen LogP contribution is -2.28. The Kier molecular flexibility index (Phi) is 4.76. The first kappa shape index (κ1) is 15.7. The van der Waals surface area contributed by atoms with E-state index in [1.54, 1.807) is 0 Å². The largest absolute Gasteiger partial charge is 0.324 e. The van der Waals surface area contributed by atoms with Crippen LogP contribution in [0.5, 0.6) is 0 Å². The van der Waals surface area contributed by atoms with E-state index in [9.17, 15) is 18.5 Å². The van der Waals surface area contributed by atoms with Gasteiger partial charge in [-0.05, 0) is 24.5 Å². The summed E-state index contributed by atoms with van der Waals surface area (Å²) < 4.78 is 26.9. The van der Waals surface area contributed by atoms with E-state index in [2.05, 4.69) is 10.1 Å². The molecule has 0 spiro atoms. The summed E-state index contributed by atoms with van der Waals surface area (Å²) in [6, 6.07) is 3.63. The van der Waals surface area contributed by atoms with E-state index in [1.807, 2.05) is 0 Å². The van der Waals surface area contributed by atoms with E-state index in [-0.39, 0.29) is 11.4 Å². The lowest BCUT2D eigenvalue weighted by molar-refractivity contribution is -0.387. The molecule has 0 saturated heterocycles. The number of hydrogen-bond donors (Lipinski definition) is 3. The van der Waals surface area contributed by atoms with Crippen LogP contribution in [-0.2, 0) is 10.0 Å². The minimum atomic E-state index is -3.94. The zero-order chi connectivity index (χ0) is 15.5. The standard InChI is InChI=1S/C12H18N4O4S/c13-15-10-4-5-11(16(17)18)12(8-10)21(19,20)14-7-6-9-2-1-3-9/h4-5,8-9,14-15H,1-3,6-7,13H2. The number of nitro groups is 1. The lowest BCUT2D eigenvalue weighted by atomic mass is 9.83. The Balaban J connectivity index is 2.18. The molecule has 0 amide bonds. The van der Waals surface area contributed by atoms with Gasteiger partial charge in [0.2, 0.25) is 10.0 Å². The first-order valence-corrected chi connectivity index (χ1v) is 8.17. The summed E-state index contributed by atoms with van der Waals surface area (Å²) in [5.74, 6) is 5.77. The fraction of sp³-hybridized carbons (Fsp3) is 0.500. The van der Waals surface area contributed by atoms with Crippen LogP contribution < -0.4 is 16.0 Å². The number of hydrogen-bond acceptors (Lipinski definition) is 6. The zero-order valence-corrected chi connectivity index (χ0v) is 12.2. The van der Waals surface area contributed by atoms with Gasteiger partial charge in [-0.25, -0.2) is 13.1 Å². The predicted octanol–water partition coefficient (Wildman–Crippen LogP) is 1.35. The Labute approximate surface area is 122 Å². The normalized spacial score (nSPS) is 15.5. The zero-order valence-electron chi connectivity index (χ0n) is 11.4. The minimum Gasteiger partial charge on any atom is -0.324 e. The molecule has 1 aliphatic carbocycles. The molecule has 0 bridgehead atoms. The molecule has 1 aromatic carbocycles. The van der Waals surface area contributed by atoms with E-state index in [1.165, 1.54) is 12.5 Å². The van der Waals surface area contributed by atoms with Gasteiger partial charge in [0.05, 0.1) is 10.6 Å². The van der Waals surface area contributed by atoms with Gasteiger partial charge in [-0.3, -0.25) is 16.0 Å². The van der Waals surface area contributed by atoms with Gasteiger partial charge >= 0.3 is 0 Å². The van der Waals surface area contributed by atoms with Crippen molar-refractivity contribution in [2.45, 2.75) is 30.6 Å². The van der Waals surface area contributed by atoms with Crippen LogP contribution >= 0.6 is 0 Å². The Morgan fingerprint density at radius 2 is 2.10 bits per heavy atom. The molecule has 8 nitrogen and oxygen atoms in total. The number of rotatable bonds is 7. The Hall–Kier alpha value is -1.71. The van der Waals surface area contributed by atoms with Crippen LogP contribution in [0.3, 0.4) is 0 Å². The fourth-order valence-corrected chi connectivity index (χ4v) is 3.47. The lowest BCUT2D eigenvalue weighted by Gasteiger charge is -2.25. The highest BCUT2D eigenvalue weighted by atomic mass is 32.2. The van der Waals surface area contributed by atoms with E-state index >= 15 is 0 Å². The van der Waals surface area contributed by atoms with Crippen LogP contribution in [0.1, 0.15) is 25.7 Å². The van der Waals surface area contributed by atoms with Crippen molar-refractivity contribution in [2.24, 2.45) is 11.8 Å². The van der Waals surface area contributed by atoms with Crippen LogP contribution in [0.25, 0.3) is 0 Å². The number of sulfonamides is 1. The summed E-state index contributed by atoms with van der Waals surface area (Å²) in [6.07, 6.45) is 4.18. The summed E-state index contributed by atoms with van der Waals surface area (Å²) >= 11 is 0. The molecule has 1 aliphatic rings. The molecule has 21 heavy (non-hydrogen) atoms. The summed E-state index contributed by atoms with van der Waals surface area (Å²) in [5, 5.41) is 11.0. The maximum atomic E-state index is 12.2. The third-order valence-corrected chi connectivity index (χ3v) is 5.17. The summed E-state index contributed by atoms with van der Waals surface area (Å²) in [4.78, 5) is 9.87. The number of nitro benzene ring substituents is 1. The monoisotopic (exact) mass is 314 g/mol. The highest BCUT2D eigenvalue weighted by Crippen LogP contribution is 2.30. The molecule has 1 fully saturated rings. The average molecular weight is 314 g/mol. The molecule has 0 aromatic heterocycles. The number of anilines is 1. The molecule has 0 radical (unpaired) electrons. The van der Waals surface area contributed by atoms with E-state index in [0.717, 1.165) is 31.4 Å². The highest BCUT2D eigenvalue weighted by Gasteiger charge is 2.26. The number of hydrazine groups is 1. The first-order chi connectivity index (χ1) is 9.94. The molecule has 9 heteroatoms. The second-order valence-corrected chi connectivity index (χ2v) is 6.80. The second kappa shape index (κ2) is 6.37. The molecule has 4 N–H and O–H groups in total. The van der Waals surface area contributed by atoms with Crippen LogP contribution in [0.4, 0.5) is 11.4 Å². The highest BCUT2D eigenvalue weighted by molar-refractivity contribution is 7.89. The van der Waals surface area contributed by atoms with Gasteiger partial charge in [0, 0.05) is 12.6 Å². The van der Waals surface area contributed by atoms with Gasteiger partial charge in [-0.15, -0.1) is 0 Å². The number of nitrogens with zero attached hydrogens (tertiary/aromatic N) is 1. The number of nitrogens with one attached hydrogen (secondary N) is 2. The van der Waals surface area contributed by atoms with Crippen molar-refractivity contribution in [3.63, 3.8) is 0 Å². The first-order valence-electron chi connectivity index (χ1n) is 6.69. The summed E-state index contributed by atoms with van der Waals surface area (Å²) in [7, 11) is -3.94. The van der Waals surface area contributed by atoms with Crippen LogP contribution in [-0.4, -0.2) is 19.9 Å². The van der Waals surface area contributed by atoms with Crippen LogP contribution in [0.2, 0.25) is 0 Å². The summed E-state index contributed by atoms with van der Waals surface area (Å²) in [5.41, 5.74) is 2.11. The molecular formula is C12H18N4O4S. The average Bonchev–Trinajstić information content (AvgIpc) is 2.40. The predicted molar refractivity (Wildman–Crippen MR) is 78.1 cm³/mol. The molecule has 0 atom stereocenters. The smallest absolute Gasteiger partial charge is 0.289 e. The van der Waals surface area contributed by atoms with E-state index in [0.29, 0.717) is 11.6 Å². The fourth-order valence-electron chi connectivity index (χ4n) is 2.23. The number of benzene rings is 1. The van der Waals surface area contributed by atoms with E-state index < -0.39 is 20.6 Å². The molecular weight excluding hydrogens is 296 g/mol. The van der Waals surface area contributed by atoms with Crippen LogP contribution in [0, 0.1) is 16.0 Å². The second-order valence-electron chi connectivity index (χ2n) is 5.07. The van der Waals surface area contributed by atoms with Crippen molar-refractivity contribution in [2.75, 3.05) is 12.0 Å². The van der Waals surface area contributed by atoms with Crippen LogP contribution in [0.15, 0.2) is 23.1 Å². The van der Waals surface area contributed by atoms with Crippen molar-refractivity contribution in [3.8, 4) is 0 Å². The SMILES string of the molecule is NNc1ccc([N+](=O)[O-])c(S(=O)(=O)NCCC2CCC2)c1. The molecule has 1 aromatic rings. The molecule has 116 valence electrons.